The highest BCUT2D eigenvalue weighted by Gasteiger charge is 2.14. The Kier molecular flexibility index (Phi) is 6.62. The van der Waals surface area contributed by atoms with Gasteiger partial charge >= 0.3 is 0 Å². The van der Waals surface area contributed by atoms with E-state index in [1.165, 1.54) is 42.2 Å². The van der Waals surface area contributed by atoms with Gasteiger partial charge in [-0.2, -0.15) is 0 Å². The van der Waals surface area contributed by atoms with Gasteiger partial charge in [0.05, 0.1) is 27.1 Å². The van der Waals surface area contributed by atoms with Gasteiger partial charge in [-0.25, -0.2) is 9.37 Å². The molecule has 2 aromatic carbocycles. The monoisotopic (exact) mass is 415 g/mol. The van der Waals surface area contributed by atoms with E-state index in [-0.39, 0.29) is 11.7 Å². The number of hydrogen-bond acceptors (Lipinski definition) is 4. The highest BCUT2D eigenvalue weighted by Crippen LogP contribution is 2.20. The largest absolute Gasteiger partial charge is 0.325 e. The number of halogens is 2. The first-order chi connectivity index (χ1) is 13.5. The van der Waals surface area contributed by atoms with Crippen LogP contribution in [-0.2, 0) is 4.79 Å². The highest BCUT2D eigenvalue weighted by atomic mass is 35.5. The van der Waals surface area contributed by atoms with Gasteiger partial charge in [0, 0.05) is 11.9 Å². The van der Waals surface area contributed by atoms with Gasteiger partial charge in [-0.3, -0.25) is 9.59 Å². The van der Waals surface area contributed by atoms with E-state index < -0.39 is 11.7 Å². The maximum absolute atomic E-state index is 13.0. The van der Waals surface area contributed by atoms with Crippen LogP contribution in [0.2, 0.25) is 5.02 Å². The molecule has 8 heteroatoms. The Labute approximate surface area is 170 Å². The van der Waals surface area contributed by atoms with E-state index in [2.05, 4.69) is 15.6 Å². The van der Waals surface area contributed by atoms with Crippen molar-refractivity contribution in [2.75, 3.05) is 16.4 Å². The van der Waals surface area contributed by atoms with Gasteiger partial charge in [0.15, 0.2) is 0 Å². The predicted octanol–water partition coefficient (Wildman–Crippen LogP) is 4.86. The van der Waals surface area contributed by atoms with E-state index in [1.807, 2.05) is 0 Å². The summed E-state index contributed by atoms with van der Waals surface area (Å²) < 4.78 is 13.0. The summed E-state index contributed by atoms with van der Waals surface area (Å²) >= 11 is 7.04. The number of thioether (sulfide) groups is 1. The second-order valence-corrected chi connectivity index (χ2v) is 7.09. The number of amides is 2. The van der Waals surface area contributed by atoms with E-state index in [1.54, 1.807) is 36.4 Å². The summed E-state index contributed by atoms with van der Waals surface area (Å²) in [7, 11) is 0. The molecule has 142 valence electrons. The number of aromatic nitrogens is 1. The lowest BCUT2D eigenvalue weighted by molar-refractivity contribution is -0.113. The summed E-state index contributed by atoms with van der Waals surface area (Å²) in [5.74, 6) is -0.945. The minimum atomic E-state index is -0.408. The van der Waals surface area contributed by atoms with Crippen molar-refractivity contribution in [3.8, 4) is 0 Å². The number of anilines is 2. The minimum absolute atomic E-state index is 0.128. The zero-order chi connectivity index (χ0) is 19.9. The molecule has 0 fully saturated rings. The fourth-order valence-electron chi connectivity index (χ4n) is 2.30. The molecule has 0 radical (unpaired) electrons. The van der Waals surface area contributed by atoms with Gasteiger partial charge in [-0.1, -0.05) is 35.5 Å². The van der Waals surface area contributed by atoms with Crippen LogP contribution in [-0.4, -0.2) is 22.6 Å². The lowest BCUT2D eigenvalue weighted by Crippen LogP contribution is -2.19. The van der Waals surface area contributed by atoms with Crippen molar-refractivity contribution in [3.05, 3.63) is 83.3 Å². The number of pyridine rings is 1. The van der Waals surface area contributed by atoms with Gasteiger partial charge in [0.25, 0.3) is 5.91 Å². The molecule has 2 amide bonds. The molecule has 0 aliphatic carbocycles. The number of benzene rings is 2. The van der Waals surface area contributed by atoms with E-state index in [0.717, 1.165) is 0 Å². The Balaban J connectivity index is 1.64. The SMILES string of the molecule is O=C(CSc1ccc(Cl)cn1)Nc1ccccc1C(=O)Nc1ccc(F)cc1. The van der Waals surface area contributed by atoms with Crippen molar-refractivity contribution in [1.29, 1.82) is 0 Å². The minimum Gasteiger partial charge on any atom is -0.325 e. The average Bonchev–Trinajstić information content (AvgIpc) is 2.69. The van der Waals surface area contributed by atoms with Crippen LogP contribution in [0, 0.1) is 5.82 Å². The Morgan fingerprint density at radius 2 is 1.75 bits per heavy atom. The first-order valence-electron chi connectivity index (χ1n) is 8.21. The van der Waals surface area contributed by atoms with Crippen molar-refractivity contribution in [1.82, 2.24) is 4.98 Å². The molecule has 28 heavy (non-hydrogen) atoms. The lowest BCUT2D eigenvalue weighted by Gasteiger charge is -2.11. The van der Waals surface area contributed by atoms with Crippen molar-refractivity contribution in [2.24, 2.45) is 0 Å². The zero-order valence-electron chi connectivity index (χ0n) is 14.5. The number of carbonyl (C=O) groups excluding carboxylic acids is 2. The maximum atomic E-state index is 13.0. The van der Waals surface area contributed by atoms with Crippen LogP contribution in [0.15, 0.2) is 71.9 Å². The zero-order valence-corrected chi connectivity index (χ0v) is 16.1. The van der Waals surface area contributed by atoms with Gasteiger partial charge in [0.1, 0.15) is 5.82 Å². The van der Waals surface area contributed by atoms with E-state index in [4.69, 9.17) is 11.6 Å². The molecule has 0 unspecified atom stereocenters. The van der Waals surface area contributed by atoms with Crippen LogP contribution in [0.1, 0.15) is 10.4 Å². The topological polar surface area (TPSA) is 71.1 Å². The van der Waals surface area contributed by atoms with E-state index >= 15 is 0 Å². The molecule has 0 bridgehead atoms. The fraction of sp³-hybridized carbons (Fsp3) is 0.0500. The van der Waals surface area contributed by atoms with Crippen molar-refractivity contribution < 1.29 is 14.0 Å². The Hall–Kier alpha value is -2.90. The Morgan fingerprint density at radius 1 is 1.00 bits per heavy atom. The van der Waals surface area contributed by atoms with Crippen molar-refractivity contribution in [3.63, 3.8) is 0 Å². The highest BCUT2D eigenvalue weighted by molar-refractivity contribution is 7.99. The fourth-order valence-corrected chi connectivity index (χ4v) is 3.05. The van der Waals surface area contributed by atoms with Crippen LogP contribution >= 0.6 is 23.4 Å². The number of rotatable bonds is 6. The van der Waals surface area contributed by atoms with Crippen LogP contribution < -0.4 is 10.6 Å². The summed E-state index contributed by atoms with van der Waals surface area (Å²) in [5.41, 5.74) is 1.14. The van der Waals surface area contributed by atoms with Crippen molar-refractivity contribution in [2.45, 2.75) is 5.03 Å². The third kappa shape index (κ3) is 5.55. The lowest BCUT2D eigenvalue weighted by atomic mass is 10.1. The molecule has 1 aromatic heterocycles. The predicted molar refractivity (Wildman–Crippen MR) is 109 cm³/mol. The molecular formula is C20H15ClFN3O2S. The van der Waals surface area contributed by atoms with Gasteiger partial charge < -0.3 is 10.6 Å². The second kappa shape index (κ2) is 9.34. The molecule has 0 spiro atoms. The Bertz CT molecular complexity index is 982. The van der Waals surface area contributed by atoms with E-state index in [9.17, 15) is 14.0 Å². The Morgan fingerprint density at radius 3 is 2.46 bits per heavy atom. The van der Waals surface area contributed by atoms with Crippen LogP contribution in [0.5, 0.6) is 0 Å². The normalized spacial score (nSPS) is 10.4. The molecule has 3 aromatic rings. The first-order valence-corrected chi connectivity index (χ1v) is 9.58. The summed E-state index contributed by atoms with van der Waals surface area (Å²) in [5, 5.41) is 6.60. The van der Waals surface area contributed by atoms with Crippen molar-refractivity contribution >= 4 is 46.6 Å². The summed E-state index contributed by atoms with van der Waals surface area (Å²) in [6.45, 7) is 0. The van der Waals surface area contributed by atoms with Gasteiger partial charge in [0.2, 0.25) is 5.91 Å². The molecule has 3 rings (SSSR count). The molecule has 0 aliphatic rings. The molecule has 1 heterocycles. The smallest absolute Gasteiger partial charge is 0.257 e. The number of hydrogen-bond donors (Lipinski definition) is 2. The second-order valence-electron chi connectivity index (χ2n) is 5.66. The molecule has 0 saturated carbocycles. The third-order valence-electron chi connectivity index (χ3n) is 3.60. The quantitative estimate of drug-likeness (QED) is 0.564. The number of nitrogens with one attached hydrogen (secondary N) is 2. The summed E-state index contributed by atoms with van der Waals surface area (Å²) in [4.78, 5) is 28.9. The molecule has 2 N–H and O–H groups in total. The number of carbonyl (C=O) groups is 2. The standard InChI is InChI=1S/C20H15ClFN3O2S/c21-13-5-10-19(23-11-13)28-12-18(26)25-17-4-2-1-3-16(17)20(27)24-15-8-6-14(22)7-9-15/h1-11H,12H2,(H,24,27)(H,25,26). The summed E-state index contributed by atoms with van der Waals surface area (Å²) in [6.07, 6.45) is 1.51. The molecular weight excluding hydrogens is 401 g/mol. The molecule has 0 saturated heterocycles. The number of para-hydroxylation sites is 1. The van der Waals surface area contributed by atoms with E-state index in [0.29, 0.717) is 27.0 Å². The maximum Gasteiger partial charge on any atom is 0.257 e. The van der Waals surface area contributed by atoms with Crippen LogP contribution in [0.25, 0.3) is 0 Å². The summed E-state index contributed by atoms with van der Waals surface area (Å²) in [6, 6.07) is 15.5. The third-order valence-corrected chi connectivity index (χ3v) is 4.77. The van der Waals surface area contributed by atoms with Gasteiger partial charge in [-0.15, -0.1) is 0 Å². The van der Waals surface area contributed by atoms with Crippen LogP contribution in [0.4, 0.5) is 15.8 Å². The average molecular weight is 416 g/mol. The van der Waals surface area contributed by atoms with Gasteiger partial charge in [-0.05, 0) is 48.5 Å². The first kappa shape index (κ1) is 19.9. The molecule has 0 atom stereocenters. The number of nitrogens with zero attached hydrogens (tertiary/aromatic N) is 1. The van der Waals surface area contributed by atoms with Crippen LogP contribution in [0.3, 0.4) is 0 Å². The molecule has 0 aliphatic heterocycles. The molecule has 5 nitrogen and oxygen atoms in total.